The van der Waals surface area contributed by atoms with Crippen molar-refractivity contribution in [2.24, 2.45) is 5.92 Å². The van der Waals surface area contributed by atoms with E-state index in [0.29, 0.717) is 12.2 Å². The second-order valence-corrected chi connectivity index (χ2v) is 6.42. The number of carbonyl (C=O) groups excluding carboxylic acids is 2. The Balaban J connectivity index is 1.61. The minimum Gasteiger partial charge on any atom is -0.491 e. The van der Waals surface area contributed by atoms with Gasteiger partial charge in [-0.3, -0.25) is 9.59 Å². The summed E-state index contributed by atoms with van der Waals surface area (Å²) < 4.78 is 5.59. The van der Waals surface area contributed by atoms with Crippen LogP contribution in [0, 0.1) is 5.92 Å². The van der Waals surface area contributed by atoms with Gasteiger partial charge in [0.05, 0.1) is 12.0 Å². The van der Waals surface area contributed by atoms with Crippen LogP contribution in [0.2, 0.25) is 0 Å². The highest BCUT2D eigenvalue weighted by molar-refractivity contribution is 6.03. The molecule has 2 aromatic carbocycles. The van der Waals surface area contributed by atoms with Crippen molar-refractivity contribution in [1.29, 1.82) is 0 Å². The zero-order chi connectivity index (χ0) is 17.8. The highest BCUT2D eigenvalue weighted by Crippen LogP contribution is 2.26. The lowest BCUT2D eigenvalue weighted by atomic mass is 10.1. The second-order valence-electron chi connectivity index (χ2n) is 6.42. The van der Waals surface area contributed by atoms with E-state index in [0.717, 1.165) is 11.4 Å². The van der Waals surface area contributed by atoms with Gasteiger partial charge in [-0.1, -0.05) is 18.2 Å². The highest BCUT2D eigenvalue weighted by Gasteiger charge is 2.35. The van der Waals surface area contributed by atoms with Gasteiger partial charge in [0.1, 0.15) is 5.75 Å². The molecule has 130 valence electrons. The van der Waals surface area contributed by atoms with Crippen LogP contribution in [0.25, 0.3) is 0 Å². The third kappa shape index (κ3) is 4.18. The summed E-state index contributed by atoms with van der Waals surface area (Å²) in [6.45, 7) is 4.33. The first-order valence-corrected chi connectivity index (χ1v) is 8.46. The summed E-state index contributed by atoms with van der Waals surface area (Å²) >= 11 is 0. The van der Waals surface area contributed by atoms with Crippen molar-refractivity contribution < 1.29 is 14.3 Å². The molecule has 1 saturated heterocycles. The first kappa shape index (κ1) is 17.0. The molecule has 1 N–H and O–H groups in total. The Hall–Kier alpha value is -2.82. The molecule has 0 radical (unpaired) electrons. The zero-order valence-electron chi connectivity index (χ0n) is 14.4. The molecule has 0 aliphatic carbocycles. The third-order valence-corrected chi connectivity index (χ3v) is 4.06. The average molecular weight is 338 g/mol. The minimum absolute atomic E-state index is 0.0213. The number of nitrogens with one attached hydrogen (secondary N) is 1. The standard InChI is InChI=1S/C20H22N2O3/c1-14(2)25-18-10-8-16(9-11-18)21-20(24)15-12-19(23)22(13-15)17-6-4-3-5-7-17/h3-11,14-15H,12-13H2,1-2H3,(H,21,24)/t15-/m1/s1. The molecule has 0 saturated carbocycles. The maximum absolute atomic E-state index is 12.5. The van der Waals surface area contributed by atoms with Crippen LogP contribution >= 0.6 is 0 Å². The van der Waals surface area contributed by atoms with Crippen molar-refractivity contribution >= 4 is 23.2 Å². The van der Waals surface area contributed by atoms with Gasteiger partial charge in [-0.15, -0.1) is 0 Å². The lowest BCUT2D eigenvalue weighted by Gasteiger charge is -2.16. The molecular weight excluding hydrogens is 316 g/mol. The molecule has 0 unspecified atom stereocenters. The first-order chi connectivity index (χ1) is 12.0. The number of hydrogen-bond donors (Lipinski definition) is 1. The highest BCUT2D eigenvalue weighted by atomic mass is 16.5. The number of para-hydroxylation sites is 1. The van der Waals surface area contributed by atoms with E-state index in [2.05, 4.69) is 5.32 Å². The van der Waals surface area contributed by atoms with Crippen molar-refractivity contribution in [3.8, 4) is 5.75 Å². The maximum Gasteiger partial charge on any atom is 0.229 e. The van der Waals surface area contributed by atoms with Gasteiger partial charge in [0.2, 0.25) is 11.8 Å². The molecule has 2 amide bonds. The molecule has 2 aromatic rings. The van der Waals surface area contributed by atoms with Crippen molar-refractivity contribution in [3.05, 3.63) is 54.6 Å². The molecule has 1 atom stereocenters. The smallest absolute Gasteiger partial charge is 0.229 e. The largest absolute Gasteiger partial charge is 0.491 e. The molecular formula is C20H22N2O3. The van der Waals surface area contributed by atoms with Crippen molar-refractivity contribution in [3.63, 3.8) is 0 Å². The van der Waals surface area contributed by atoms with E-state index < -0.39 is 0 Å². The Bertz CT molecular complexity index is 741. The lowest BCUT2D eigenvalue weighted by Crippen LogP contribution is -2.28. The van der Waals surface area contributed by atoms with Crippen LogP contribution in [-0.4, -0.2) is 24.5 Å². The van der Waals surface area contributed by atoms with E-state index in [1.165, 1.54) is 0 Å². The number of rotatable bonds is 5. The van der Waals surface area contributed by atoms with E-state index in [1.807, 2.05) is 56.3 Å². The average Bonchev–Trinajstić information content (AvgIpc) is 2.99. The van der Waals surface area contributed by atoms with Crippen LogP contribution in [0.5, 0.6) is 5.75 Å². The normalized spacial score (nSPS) is 17.0. The lowest BCUT2D eigenvalue weighted by molar-refractivity contribution is -0.122. The van der Waals surface area contributed by atoms with Crippen molar-refractivity contribution in [2.75, 3.05) is 16.8 Å². The number of carbonyl (C=O) groups is 2. The van der Waals surface area contributed by atoms with E-state index in [1.54, 1.807) is 17.0 Å². The summed E-state index contributed by atoms with van der Waals surface area (Å²) in [6, 6.07) is 16.7. The summed E-state index contributed by atoms with van der Waals surface area (Å²) in [5, 5.41) is 2.88. The van der Waals surface area contributed by atoms with Gasteiger partial charge in [0.25, 0.3) is 0 Å². The molecule has 0 spiro atoms. The van der Waals surface area contributed by atoms with Crippen LogP contribution < -0.4 is 15.0 Å². The fourth-order valence-corrected chi connectivity index (χ4v) is 2.87. The zero-order valence-corrected chi connectivity index (χ0v) is 14.4. The molecule has 1 aliphatic rings. The summed E-state index contributed by atoms with van der Waals surface area (Å²) in [7, 11) is 0. The number of anilines is 2. The topological polar surface area (TPSA) is 58.6 Å². The fourth-order valence-electron chi connectivity index (χ4n) is 2.87. The van der Waals surface area contributed by atoms with E-state index in [4.69, 9.17) is 4.74 Å². The molecule has 1 aliphatic heterocycles. The predicted octanol–water partition coefficient (Wildman–Crippen LogP) is 3.47. The van der Waals surface area contributed by atoms with Crippen molar-refractivity contribution in [2.45, 2.75) is 26.4 Å². The van der Waals surface area contributed by atoms with Crippen LogP contribution in [0.3, 0.4) is 0 Å². The van der Waals surface area contributed by atoms with Gasteiger partial charge in [-0.05, 0) is 50.2 Å². The van der Waals surface area contributed by atoms with E-state index in [9.17, 15) is 9.59 Å². The first-order valence-electron chi connectivity index (χ1n) is 8.46. The van der Waals surface area contributed by atoms with Gasteiger partial charge in [-0.2, -0.15) is 0 Å². The maximum atomic E-state index is 12.5. The Morgan fingerprint density at radius 1 is 1.12 bits per heavy atom. The number of ether oxygens (including phenoxy) is 1. The summed E-state index contributed by atoms with van der Waals surface area (Å²) in [5.74, 6) is 0.259. The molecule has 5 heteroatoms. The molecule has 0 bridgehead atoms. The van der Waals surface area contributed by atoms with Crippen LogP contribution in [-0.2, 0) is 9.59 Å². The third-order valence-electron chi connectivity index (χ3n) is 4.06. The fraction of sp³-hybridized carbons (Fsp3) is 0.300. The Morgan fingerprint density at radius 3 is 2.44 bits per heavy atom. The summed E-state index contributed by atoms with van der Waals surface area (Å²) in [5.41, 5.74) is 1.53. The Labute approximate surface area is 147 Å². The SMILES string of the molecule is CC(C)Oc1ccc(NC(=O)[C@@H]2CC(=O)N(c3ccccc3)C2)cc1. The summed E-state index contributed by atoms with van der Waals surface area (Å²) in [6.07, 6.45) is 0.337. The van der Waals surface area contributed by atoms with Crippen LogP contribution in [0.4, 0.5) is 11.4 Å². The quantitative estimate of drug-likeness (QED) is 0.908. The Morgan fingerprint density at radius 2 is 1.80 bits per heavy atom. The summed E-state index contributed by atoms with van der Waals surface area (Å²) in [4.78, 5) is 26.4. The molecule has 1 heterocycles. The molecule has 1 fully saturated rings. The van der Waals surface area contributed by atoms with Gasteiger partial charge < -0.3 is 15.0 Å². The number of hydrogen-bond acceptors (Lipinski definition) is 3. The van der Waals surface area contributed by atoms with E-state index in [-0.39, 0.29) is 30.3 Å². The van der Waals surface area contributed by atoms with Gasteiger partial charge in [0.15, 0.2) is 0 Å². The minimum atomic E-state index is -0.348. The van der Waals surface area contributed by atoms with Gasteiger partial charge >= 0.3 is 0 Å². The molecule has 3 rings (SSSR count). The number of nitrogens with zero attached hydrogens (tertiary/aromatic N) is 1. The predicted molar refractivity (Wildman–Crippen MR) is 97.7 cm³/mol. The van der Waals surface area contributed by atoms with Gasteiger partial charge in [0, 0.05) is 24.3 Å². The number of amides is 2. The van der Waals surface area contributed by atoms with Crippen molar-refractivity contribution in [1.82, 2.24) is 0 Å². The Kier molecular flexibility index (Phi) is 5.03. The second kappa shape index (κ2) is 7.38. The van der Waals surface area contributed by atoms with Crippen LogP contribution in [0.1, 0.15) is 20.3 Å². The van der Waals surface area contributed by atoms with Gasteiger partial charge in [-0.25, -0.2) is 0 Å². The number of benzene rings is 2. The van der Waals surface area contributed by atoms with Crippen LogP contribution in [0.15, 0.2) is 54.6 Å². The van der Waals surface area contributed by atoms with E-state index >= 15 is 0 Å². The molecule has 25 heavy (non-hydrogen) atoms. The molecule has 0 aromatic heterocycles. The monoisotopic (exact) mass is 338 g/mol. The molecule has 5 nitrogen and oxygen atoms in total.